The Morgan fingerprint density at radius 3 is 2.07 bits per heavy atom. The molecular weight excluding hydrogens is 213 g/mol. The maximum atomic E-state index is 12.1. The van der Waals surface area contributed by atoms with Crippen LogP contribution in [0.3, 0.4) is 0 Å². The molecule has 0 aliphatic carbocycles. The summed E-state index contributed by atoms with van der Waals surface area (Å²) in [6.07, 6.45) is -4.95. The maximum Gasteiger partial charge on any atom is 0.433 e. The smallest absolute Gasteiger partial charge is 0.433 e. The van der Waals surface area contributed by atoms with E-state index in [4.69, 9.17) is 10.8 Å². The zero-order chi connectivity index (χ0) is 12.2. The average molecular weight is 223 g/mol. The third-order valence-corrected chi connectivity index (χ3v) is 1.39. The second kappa shape index (κ2) is 4.81. The van der Waals surface area contributed by atoms with Crippen molar-refractivity contribution in [2.45, 2.75) is 20.0 Å². The first-order chi connectivity index (χ1) is 6.71. The van der Waals surface area contributed by atoms with Gasteiger partial charge in [0.1, 0.15) is 5.71 Å². The monoisotopic (exact) mass is 223 g/mol. The molecule has 0 saturated heterocycles. The lowest BCUT2D eigenvalue weighted by Gasteiger charge is -2.20. The highest BCUT2D eigenvalue weighted by Crippen LogP contribution is 2.22. The minimum absolute atomic E-state index is 0.110. The molecule has 0 unspecified atom stereocenters. The molecule has 0 amide bonds. The number of hydrogen-bond acceptors (Lipinski definition) is 4. The van der Waals surface area contributed by atoms with Gasteiger partial charge in [-0.15, -0.1) is 0 Å². The van der Waals surface area contributed by atoms with E-state index in [1.54, 1.807) is 0 Å². The Morgan fingerprint density at radius 1 is 1.33 bits per heavy atom. The second-order valence-corrected chi connectivity index (χ2v) is 2.59. The first kappa shape index (κ1) is 13.5. The van der Waals surface area contributed by atoms with E-state index in [9.17, 15) is 18.3 Å². The molecule has 4 nitrogen and oxygen atoms in total. The largest absolute Gasteiger partial charge is 0.613 e. The fourth-order valence-electron chi connectivity index (χ4n) is 0.788. The molecule has 0 spiro atoms. The molecule has 0 radical (unpaired) electrons. The first-order valence-electron chi connectivity index (χ1n) is 3.97. The summed E-state index contributed by atoms with van der Waals surface area (Å²) in [6, 6.07) is 0. The fraction of sp³-hybridized carbons (Fsp3) is 0.500. The molecule has 0 aromatic heterocycles. The van der Waals surface area contributed by atoms with Gasteiger partial charge in [-0.1, -0.05) is 6.92 Å². The molecular formula is C8H10F3N2O2-. The minimum Gasteiger partial charge on any atom is -0.613 e. The van der Waals surface area contributed by atoms with Gasteiger partial charge in [-0.3, -0.25) is 5.41 Å². The van der Waals surface area contributed by atoms with Crippen molar-refractivity contribution in [3.05, 3.63) is 11.5 Å². The van der Waals surface area contributed by atoms with E-state index in [0.717, 1.165) is 6.92 Å². The van der Waals surface area contributed by atoms with Gasteiger partial charge in [-0.05, 0) is 13.5 Å². The molecule has 0 fully saturated rings. The summed E-state index contributed by atoms with van der Waals surface area (Å²) in [5.74, 6) is -1.30. The fourth-order valence-corrected chi connectivity index (χ4v) is 0.788. The number of allylic oxidation sites excluding steroid dienone is 1. The van der Waals surface area contributed by atoms with Gasteiger partial charge < -0.3 is 15.3 Å². The third kappa shape index (κ3) is 3.61. The van der Waals surface area contributed by atoms with Gasteiger partial charge in [-0.25, -0.2) is 0 Å². The van der Waals surface area contributed by atoms with Gasteiger partial charge in [0.05, 0.1) is 5.95 Å². The standard InChI is InChI=1S/C8H11F3N2O2/c1-3-15-7(14)5(4(2)12)6(13)8(9,10)11/h12-14H,3H2,1-2H3/p-1. The predicted molar refractivity (Wildman–Crippen MR) is 45.8 cm³/mol. The Balaban J connectivity index is 5.26. The van der Waals surface area contributed by atoms with Crippen molar-refractivity contribution in [1.29, 1.82) is 10.8 Å². The van der Waals surface area contributed by atoms with E-state index in [-0.39, 0.29) is 6.61 Å². The van der Waals surface area contributed by atoms with Crippen LogP contribution < -0.4 is 5.11 Å². The van der Waals surface area contributed by atoms with Gasteiger partial charge in [0.25, 0.3) is 0 Å². The van der Waals surface area contributed by atoms with Gasteiger partial charge >= 0.3 is 6.18 Å². The highest BCUT2D eigenvalue weighted by Gasteiger charge is 2.37. The molecule has 0 aliphatic rings. The van der Waals surface area contributed by atoms with Crippen molar-refractivity contribution < 1.29 is 23.0 Å². The van der Waals surface area contributed by atoms with E-state index >= 15 is 0 Å². The molecule has 0 rings (SSSR count). The molecule has 7 heteroatoms. The highest BCUT2D eigenvalue weighted by atomic mass is 19.4. The van der Waals surface area contributed by atoms with Crippen LogP contribution in [0.15, 0.2) is 11.5 Å². The summed E-state index contributed by atoms with van der Waals surface area (Å²) >= 11 is 0. The molecule has 0 aromatic rings. The summed E-state index contributed by atoms with van der Waals surface area (Å²) < 4.78 is 40.7. The quantitative estimate of drug-likeness (QED) is 0.555. The van der Waals surface area contributed by atoms with E-state index < -0.39 is 29.1 Å². The predicted octanol–water partition coefficient (Wildman–Crippen LogP) is 1.22. The zero-order valence-corrected chi connectivity index (χ0v) is 8.16. The molecule has 2 N–H and O–H groups in total. The van der Waals surface area contributed by atoms with Crippen LogP contribution in [-0.4, -0.2) is 24.2 Å². The molecule has 0 saturated carbocycles. The van der Waals surface area contributed by atoms with Gasteiger partial charge in [-0.2, -0.15) is 13.2 Å². The Morgan fingerprint density at radius 2 is 1.80 bits per heavy atom. The Bertz CT molecular complexity index is 307. The third-order valence-electron chi connectivity index (χ3n) is 1.39. The molecule has 0 heterocycles. The molecule has 15 heavy (non-hydrogen) atoms. The first-order valence-corrected chi connectivity index (χ1v) is 3.97. The Labute approximate surface area is 84.4 Å². The summed E-state index contributed by atoms with van der Waals surface area (Å²) in [5.41, 5.74) is -3.55. The minimum atomic E-state index is -4.95. The molecule has 86 valence electrons. The van der Waals surface area contributed by atoms with Crippen molar-refractivity contribution in [3.63, 3.8) is 0 Å². The lowest BCUT2D eigenvalue weighted by molar-refractivity contribution is -0.357. The molecule has 0 aliphatic heterocycles. The van der Waals surface area contributed by atoms with Crippen LogP contribution in [-0.2, 0) is 4.74 Å². The zero-order valence-electron chi connectivity index (χ0n) is 8.16. The average Bonchev–Trinajstić information content (AvgIpc) is 2.02. The normalized spacial score (nSPS) is 13.1. The Kier molecular flexibility index (Phi) is 4.32. The summed E-state index contributed by atoms with van der Waals surface area (Å²) in [4.78, 5) is 0. The Hall–Kier alpha value is -1.53. The van der Waals surface area contributed by atoms with Crippen LogP contribution in [0.25, 0.3) is 0 Å². The van der Waals surface area contributed by atoms with Crippen LogP contribution in [0, 0.1) is 10.8 Å². The van der Waals surface area contributed by atoms with E-state index in [1.165, 1.54) is 6.92 Å². The SMILES string of the molecule is CCOC([O-])=C(C(C)=N)C(=N)C(F)(F)F. The van der Waals surface area contributed by atoms with E-state index in [2.05, 4.69) is 4.74 Å². The van der Waals surface area contributed by atoms with E-state index in [1.807, 2.05) is 0 Å². The summed E-state index contributed by atoms with van der Waals surface area (Å²) in [7, 11) is 0. The molecule has 0 aromatic carbocycles. The van der Waals surface area contributed by atoms with Crippen LogP contribution in [0.4, 0.5) is 13.2 Å². The number of rotatable bonds is 4. The number of alkyl halides is 3. The van der Waals surface area contributed by atoms with Gasteiger partial charge in [0.2, 0.25) is 0 Å². The molecule has 0 bridgehead atoms. The van der Waals surface area contributed by atoms with Crippen LogP contribution in [0.2, 0.25) is 0 Å². The number of nitrogens with one attached hydrogen (secondary N) is 2. The van der Waals surface area contributed by atoms with Crippen LogP contribution in [0.5, 0.6) is 0 Å². The lowest BCUT2D eigenvalue weighted by atomic mass is 10.1. The highest BCUT2D eigenvalue weighted by molar-refractivity contribution is 6.23. The van der Waals surface area contributed by atoms with Crippen LogP contribution in [0.1, 0.15) is 13.8 Å². The maximum absolute atomic E-state index is 12.1. The topological polar surface area (TPSA) is 80.0 Å². The lowest BCUT2D eigenvalue weighted by Crippen LogP contribution is -2.30. The van der Waals surface area contributed by atoms with Crippen LogP contribution >= 0.6 is 0 Å². The summed E-state index contributed by atoms with van der Waals surface area (Å²) in [6.45, 7) is 2.30. The summed E-state index contributed by atoms with van der Waals surface area (Å²) in [5, 5.41) is 24.8. The van der Waals surface area contributed by atoms with Crippen molar-refractivity contribution in [1.82, 2.24) is 0 Å². The van der Waals surface area contributed by atoms with Crippen molar-refractivity contribution in [2.75, 3.05) is 6.61 Å². The molecule has 0 atom stereocenters. The van der Waals surface area contributed by atoms with Gasteiger partial charge in [0.15, 0.2) is 0 Å². The number of halogens is 3. The van der Waals surface area contributed by atoms with Crippen molar-refractivity contribution in [2.24, 2.45) is 0 Å². The number of hydrogen-bond donors (Lipinski definition) is 2. The van der Waals surface area contributed by atoms with E-state index in [0.29, 0.717) is 0 Å². The number of ether oxygens (including phenoxy) is 1. The van der Waals surface area contributed by atoms with Gasteiger partial charge in [0, 0.05) is 11.3 Å². The van der Waals surface area contributed by atoms with Crippen molar-refractivity contribution in [3.8, 4) is 0 Å². The second-order valence-electron chi connectivity index (χ2n) is 2.59. The van der Waals surface area contributed by atoms with Crippen molar-refractivity contribution >= 4 is 11.4 Å².